The number of nitrogens with one attached hydrogen (secondary N) is 1. The zero-order chi connectivity index (χ0) is 17.4. The van der Waals surface area contributed by atoms with E-state index in [1.165, 1.54) is 5.56 Å². The van der Waals surface area contributed by atoms with Crippen molar-refractivity contribution in [1.82, 2.24) is 4.98 Å². The van der Waals surface area contributed by atoms with Gasteiger partial charge in [0.1, 0.15) is 5.75 Å². The highest BCUT2D eigenvalue weighted by Gasteiger charge is 2.15. The van der Waals surface area contributed by atoms with E-state index in [-0.39, 0.29) is 23.7 Å². The number of aromatic hydroxyl groups is 1. The molecule has 1 atom stereocenters. The first-order valence-electron chi connectivity index (χ1n) is 8.09. The van der Waals surface area contributed by atoms with Crippen LogP contribution in [0.15, 0.2) is 41.2 Å². The Balaban J connectivity index is 0.00000225. The summed E-state index contributed by atoms with van der Waals surface area (Å²) >= 11 is 0. The van der Waals surface area contributed by atoms with E-state index in [0.29, 0.717) is 12.5 Å². The standard InChI is InChI=1S/C20H22N2O2.ClH/c1-11-9-17(24)22-20-12(2)8-16(23)19(18(11)20)15-6-4-14(5-7-15)13(3)10-21;/h4-9,13,23H,10,21H2,1-3H3,(H,22,24);1H/t13-;/m0./s1. The topological polar surface area (TPSA) is 79.1 Å². The molecule has 1 heterocycles. The Morgan fingerprint density at radius 3 is 2.36 bits per heavy atom. The van der Waals surface area contributed by atoms with Crippen molar-refractivity contribution in [3.05, 3.63) is 63.4 Å². The molecule has 0 bridgehead atoms. The van der Waals surface area contributed by atoms with Crippen LogP contribution in [0.3, 0.4) is 0 Å². The molecular weight excluding hydrogens is 336 g/mol. The molecule has 1 aromatic heterocycles. The van der Waals surface area contributed by atoms with Gasteiger partial charge in [-0.15, -0.1) is 12.4 Å². The summed E-state index contributed by atoms with van der Waals surface area (Å²) in [4.78, 5) is 14.7. The number of nitrogens with two attached hydrogens (primary N) is 1. The van der Waals surface area contributed by atoms with Gasteiger partial charge in [0, 0.05) is 17.0 Å². The number of hydrogen-bond donors (Lipinski definition) is 3. The normalized spacial score (nSPS) is 12.0. The number of phenolic OH excluding ortho intramolecular Hbond substituents is 1. The minimum absolute atomic E-state index is 0. The quantitative estimate of drug-likeness (QED) is 0.662. The lowest BCUT2D eigenvalue weighted by Gasteiger charge is -2.15. The fourth-order valence-corrected chi connectivity index (χ4v) is 3.19. The first-order chi connectivity index (χ1) is 11.4. The first-order valence-corrected chi connectivity index (χ1v) is 8.09. The van der Waals surface area contributed by atoms with Gasteiger partial charge in [0.15, 0.2) is 0 Å². The van der Waals surface area contributed by atoms with Gasteiger partial charge in [0.05, 0.1) is 5.52 Å². The van der Waals surface area contributed by atoms with Crippen molar-refractivity contribution in [3.63, 3.8) is 0 Å². The monoisotopic (exact) mass is 358 g/mol. The third kappa shape index (κ3) is 3.41. The molecule has 0 radical (unpaired) electrons. The number of pyridine rings is 1. The van der Waals surface area contributed by atoms with Crippen LogP contribution in [0.4, 0.5) is 0 Å². The fourth-order valence-electron chi connectivity index (χ4n) is 3.19. The van der Waals surface area contributed by atoms with E-state index in [1.807, 2.05) is 38.1 Å². The highest BCUT2D eigenvalue weighted by Crippen LogP contribution is 2.39. The number of H-pyrrole nitrogens is 1. The van der Waals surface area contributed by atoms with Gasteiger partial charge in [-0.25, -0.2) is 0 Å². The highest BCUT2D eigenvalue weighted by molar-refractivity contribution is 6.01. The molecule has 0 fully saturated rings. The van der Waals surface area contributed by atoms with Crippen molar-refractivity contribution in [2.75, 3.05) is 6.54 Å². The number of hydrogen-bond acceptors (Lipinski definition) is 3. The number of fused-ring (bicyclic) bond motifs is 1. The van der Waals surface area contributed by atoms with E-state index in [1.54, 1.807) is 12.1 Å². The average molecular weight is 359 g/mol. The number of aromatic nitrogens is 1. The van der Waals surface area contributed by atoms with Gasteiger partial charge in [-0.05, 0) is 54.6 Å². The van der Waals surface area contributed by atoms with Gasteiger partial charge in [-0.3, -0.25) is 4.79 Å². The summed E-state index contributed by atoms with van der Waals surface area (Å²) in [6, 6.07) is 11.3. The van der Waals surface area contributed by atoms with Crippen molar-refractivity contribution in [2.45, 2.75) is 26.7 Å². The maximum absolute atomic E-state index is 11.8. The summed E-state index contributed by atoms with van der Waals surface area (Å²) in [7, 11) is 0. The van der Waals surface area contributed by atoms with Crippen LogP contribution in [0.1, 0.15) is 29.5 Å². The third-order valence-electron chi connectivity index (χ3n) is 4.62. The molecule has 2 aromatic carbocycles. The van der Waals surface area contributed by atoms with Crippen molar-refractivity contribution < 1.29 is 5.11 Å². The average Bonchev–Trinajstić information content (AvgIpc) is 2.55. The summed E-state index contributed by atoms with van der Waals surface area (Å²) in [5.74, 6) is 0.510. The smallest absolute Gasteiger partial charge is 0.248 e. The van der Waals surface area contributed by atoms with Crippen LogP contribution in [0, 0.1) is 13.8 Å². The van der Waals surface area contributed by atoms with E-state index in [0.717, 1.165) is 33.2 Å². The van der Waals surface area contributed by atoms with Crippen LogP contribution < -0.4 is 11.3 Å². The summed E-state index contributed by atoms with van der Waals surface area (Å²) in [6.07, 6.45) is 0. The van der Waals surface area contributed by atoms with E-state index in [2.05, 4.69) is 11.9 Å². The molecule has 0 saturated carbocycles. The number of phenols is 1. The molecule has 0 aliphatic carbocycles. The third-order valence-corrected chi connectivity index (χ3v) is 4.62. The summed E-state index contributed by atoms with van der Waals surface area (Å²) in [5.41, 5.74) is 10.9. The number of aryl methyl sites for hydroxylation is 2. The van der Waals surface area contributed by atoms with Gasteiger partial charge >= 0.3 is 0 Å². The number of benzene rings is 2. The Labute approximate surface area is 153 Å². The van der Waals surface area contributed by atoms with Crippen LogP contribution >= 0.6 is 12.4 Å². The number of aromatic amines is 1. The molecule has 0 amide bonds. The van der Waals surface area contributed by atoms with Crippen molar-refractivity contribution >= 4 is 23.3 Å². The molecule has 132 valence electrons. The minimum atomic E-state index is -0.133. The Morgan fingerprint density at radius 1 is 1.12 bits per heavy atom. The van der Waals surface area contributed by atoms with Gasteiger partial charge in [-0.1, -0.05) is 31.2 Å². The van der Waals surface area contributed by atoms with Gasteiger partial charge < -0.3 is 15.8 Å². The molecule has 0 saturated heterocycles. The first kappa shape index (κ1) is 19.0. The molecule has 4 N–H and O–H groups in total. The lowest BCUT2D eigenvalue weighted by Crippen LogP contribution is -2.08. The second-order valence-corrected chi connectivity index (χ2v) is 6.41. The highest BCUT2D eigenvalue weighted by atomic mass is 35.5. The fraction of sp³-hybridized carbons (Fsp3) is 0.250. The molecule has 0 aliphatic heterocycles. The molecule has 3 rings (SSSR count). The minimum Gasteiger partial charge on any atom is -0.507 e. The predicted molar refractivity (Wildman–Crippen MR) is 106 cm³/mol. The summed E-state index contributed by atoms with van der Waals surface area (Å²) in [6.45, 7) is 6.46. The summed E-state index contributed by atoms with van der Waals surface area (Å²) in [5, 5.41) is 11.4. The molecular formula is C20H23ClN2O2. The molecule has 3 aromatic rings. The summed E-state index contributed by atoms with van der Waals surface area (Å²) < 4.78 is 0. The van der Waals surface area contributed by atoms with Crippen molar-refractivity contribution in [1.29, 1.82) is 0 Å². The van der Waals surface area contributed by atoms with Crippen LogP contribution in [-0.4, -0.2) is 16.6 Å². The number of rotatable bonds is 3. The van der Waals surface area contributed by atoms with Crippen LogP contribution in [-0.2, 0) is 0 Å². The van der Waals surface area contributed by atoms with Gasteiger partial charge in [0.25, 0.3) is 0 Å². The predicted octanol–water partition coefficient (Wildman–Crippen LogP) is 4.00. The van der Waals surface area contributed by atoms with Gasteiger partial charge in [0.2, 0.25) is 5.56 Å². The Kier molecular flexibility index (Phi) is 5.55. The second-order valence-electron chi connectivity index (χ2n) is 6.41. The zero-order valence-corrected chi connectivity index (χ0v) is 15.4. The Hall–Kier alpha value is -2.30. The molecule has 4 nitrogen and oxygen atoms in total. The van der Waals surface area contributed by atoms with Crippen LogP contribution in [0.5, 0.6) is 5.75 Å². The van der Waals surface area contributed by atoms with Crippen molar-refractivity contribution in [3.8, 4) is 16.9 Å². The maximum Gasteiger partial charge on any atom is 0.248 e. The van der Waals surface area contributed by atoms with Crippen LogP contribution in [0.2, 0.25) is 0 Å². The second kappa shape index (κ2) is 7.30. The molecule has 25 heavy (non-hydrogen) atoms. The molecule has 0 unspecified atom stereocenters. The lowest BCUT2D eigenvalue weighted by atomic mass is 9.92. The van der Waals surface area contributed by atoms with E-state index in [4.69, 9.17) is 5.73 Å². The van der Waals surface area contributed by atoms with Gasteiger partial charge in [-0.2, -0.15) is 0 Å². The lowest BCUT2D eigenvalue weighted by molar-refractivity contribution is 0.477. The SMILES string of the molecule is Cc1cc(O)c(-c2ccc([C@@H](C)CN)cc2)c2c(C)cc(=O)[nH]c12.Cl. The van der Waals surface area contributed by atoms with Crippen LogP contribution in [0.25, 0.3) is 22.0 Å². The van der Waals surface area contributed by atoms with E-state index < -0.39 is 0 Å². The Bertz CT molecular complexity index is 962. The van der Waals surface area contributed by atoms with Crippen molar-refractivity contribution in [2.24, 2.45) is 5.73 Å². The maximum atomic E-state index is 11.8. The molecule has 0 spiro atoms. The molecule has 0 aliphatic rings. The largest absolute Gasteiger partial charge is 0.507 e. The van der Waals surface area contributed by atoms with E-state index >= 15 is 0 Å². The Morgan fingerprint density at radius 2 is 1.76 bits per heavy atom. The number of halogens is 1. The van der Waals surface area contributed by atoms with E-state index in [9.17, 15) is 9.90 Å². The zero-order valence-electron chi connectivity index (χ0n) is 14.6. The molecule has 5 heteroatoms.